The largest absolute Gasteiger partial charge is 0.366 e. The molecular weight excluding hydrogens is 378 g/mol. The lowest BCUT2D eigenvalue weighted by Gasteiger charge is -2.36. The van der Waals surface area contributed by atoms with Crippen LogP contribution in [0.1, 0.15) is 37.7 Å². The molecule has 0 radical (unpaired) electrons. The first-order chi connectivity index (χ1) is 13.3. The third-order valence-corrected chi connectivity index (χ3v) is 7.75. The Balaban J connectivity index is 1.64. The Morgan fingerprint density at radius 1 is 1.14 bits per heavy atom. The number of carbonyl (C=O) groups excluding carboxylic acids is 1. The van der Waals surface area contributed by atoms with Gasteiger partial charge >= 0.3 is 0 Å². The molecule has 1 aromatic rings. The summed E-state index contributed by atoms with van der Waals surface area (Å²) in [4.78, 5) is 18.8. The van der Waals surface area contributed by atoms with Crippen LogP contribution in [0.3, 0.4) is 0 Å². The summed E-state index contributed by atoms with van der Waals surface area (Å²) in [5, 5.41) is 4.68. The Kier molecular flexibility index (Phi) is 6.34. The van der Waals surface area contributed by atoms with Gasteiger partial charge in [0.25, 0.3) is 0 Å². The summed E-state index contributed by atoms with van der Waals surface area (Å²) in [6, 6.07) is -0.0505. The van der Waals surface area contributed by atoms with Crippen molar-refractivity contribution in [2.75, 3.05) is 62.2 Å². The van der Waals surface area contributed by atoms with Gasteiger partial charge in [0.1, 0.15) is 0 Å². The molecule has 0 spiro atoms. The molecule has 158 valence electrons. The lowest BCUT2D eigenvalue weighted by Crippen LogP contribution is -2.50. The fraction of sp³-hybridized carbons (Fsp3) is 0.789. The summed E-state index contributed by atoms with van der Waals surface area (Å²) in [6.45, 7) is 13.4. The molecule has 1 atom stereocenters. The smallest absolute Gasteiger partial charge is 0.236 e. The predicted molar refractivity (Wildman–Crippen MR) is 111 cm³/mol. The highest BCUT2D eigenvalue weighted by Gasteiger charge is 2.32. The van der Waals surface area contributed by atoms with Crippen LogP contribution in [-0.4, -0.2) is 91.2 Å². The number of hydrogen-bond donors (Lipinski definition) is 0. The lowest BCUT2D eigenvalue weighted by molar-refractivity contribution is -0.132. The number of amides is 1. The highest BCUT2D eigenvalue weighted by Crippen LogP contribution is 2.31. The zero-order valence-electron chi connectivity index (χ0n) is 17.5. The second-order valence-electron chi connectivity index (χ2n) is 7.85. The Hall–Kier alpha value is -1.61. The van der Waals surface area contributed by atoms with E-state index in [0.717, 1.165) is 56.3 Å². The minimum atomic E-state index is -2.94. The molecule has 0 bridgehead atoms. The van der Waals surface area contributed by atoms with Crippen LogP contribution in [0.5, 0.6) is 0 Å². The van der Waals surface area contributed by atoms with E-state index in [1.54, 1.807) is 0 Å². The van der Waals surface area contributed by atoms with Crippen molar-refractivity contribution < 1.29 is 13.2 Å². The van der Waals surface area contributed by atoms with Crippen molar-refractivity contribution in [3.63, 3.8) is 0 Å². The standard InChI is InChI=1S/C19H33N5O3S/c1-5-22(6-2)18(25)13-21-8-10-23(11-9-21)19-15(3)20-24(16(19)4)17-7-12-28(26,27)14-17/h17H,5-14H2,1-4H3. The highest BCUT2D eigenvalue weighted by molar-refractivity contribution is 7.91. The molecule has 3 heterocycles. The fourth-order valence-corrected chi connectivity index (χ4v) is 6.12. The molecule has 2 aliphatic heterocycles. The van der Waals surface area contributed by atoms with Crippen LogP contribution in [0.15, 0.2) is 0 Å². The van der Waals surface area contributed by atoms with Gasteiger partial charge in [0, 0.05) is 39.3 Å². The van der Waals surface area contributed by atoms with Crippen molar-refractivity contribution in [2.24, 2.45) is 0 Å². The second kappa shape index (κ2) is 8.41. The van der Waals surface area contributed by atoms with E-state index < -0.39 is 9.84 Å². The summed E-state index contributed by atoms with van der Waals surface area (Å²) in [7, 11) is -2.94. The Morgan fingerprint density at radius 3 is 2.32 bits per heavy atom. The maximum atomic E-state index is 12.3. The Labute approximate surface area is 168 Å². The monoisotopic (exact) mass is 411 g/mol. The zero-order valence-corrected chi connectivity index (χ0v) is 18.3. The van der Waals surface area contributed by atoms with E-state index >= 15 is 0 Å². The Morgan fingerprint density at radius 2 is 1.79 bits per heavy atom. The maximum absolute atomic E-state index is 12.3. The molecule has 1 amide bonds. The maximum Gasteiger partial charge on any atom is 0.236 e. The van der Waals surface area contributed by atoms with Gasteiger partial charge in [0.15, 0.2) is 9.84 Å². The van der Waals surface area contributed by atoms with E-state index in [1.807, 2.05) is 37.3 Å². The molecule has 0 N–H and O–H groups in total. The van der Waals surface area contributed by atoms with E-state index in [1.165, 1.54) is 0 Å². The Bertz CT molecular complexity index is 808. The van der Waals surface area contributed by atoms with E-state index in [9.17, 15) is 13.2 Å². The van der Waals surface area contributed by atoms with Gasteiger partial charge in [-0.05, 0) is 34.1 Å². The number of piperazine rings is 1. The van der Waals surface area contributed by atoms with Crippen LogP contribution in [-0.2, 0) is 14.6 Å². The fourth-order valence-electron chi connectivity index (χ4n) is 4.43. The SMILES string of the molecule is CCN(CC)C(=O)CN1CCN(c2c(C)nn(C3CCS(=O)(=O)C3)c2C)CC1. The first kappa shape index (κ1) is 21.1. The number of aromatic nitrogens is 2. The lowest BCUT2D eigenvalue weighted by atomic mass is 10.2. The topological polar surface area (TPSA) is 78.8 Å². The van der Waals surface area contributed by atoms with Crippen molar-refractivity contribution in [1.29, 1.82) is 0 Å². The number of carbonyl (C=O) groups is 1. The molecule has 1 aromatic heterocycles. The van der Waals surface area contributed by atoms with E-state index in [-0.39, 0.29) is 23.5 Å². The molecule has 8 nitrogen and oxygen atoms in total. The molecular formula is C19H33N5O3S. The van der Waals surface area contributed by atoms with Gasteiger partial charge in [-0.1, -0.05) is 0 Å². The first-order valence-corrected chi connectivity index (χ1v) is 12.1. The van der Waals surface area contributed by atoms with Gasteiger partial charge < -0.3 is 9.80 Å². The molecule has 1 unspecified atom stereocenters. The summed E-state index contributed by atoms with van der Waals surface area (Å²) in [6.07, 6.45) is 0.644. The summed E-state index contributed by atoms with van der Waals surface area (Å²) < 4.78 is 25.6. The number of anilines is 1. The normalized spacial score (nSPS) is 22.6. The van der Waals surface area contributed by atoms with Crippen LogP contribution in [0, 0.1) is 13.8 Å². The van der Waals surface area contributed by atoms with Gasteiger partial charge in [-0.2, -0.15) is 5.10 Å². The van der Waals surface area contributed by atoms with Crippen molar-refractivity contribution in [3.05, 3.63) is 11.4 Å². The van der Waals surface area contributed by atoms with Gasteiger partial charge in [-0.15, -0.1) is 0 Å². The molecule has 28 heavy (non-hydrogen) atoms. The minimum Gasteiger partial charge on any atom is -0.366 e. The van der Waals surface area contributed by atoms with Crippen LogP contribution in [0.25, 0.3) is 0 Å². The van der Waals surface area contributed by atoms with Crippen molar-refractivity contribution in [1.82, 2.24) is 19.6 Å². The van der Waals surface area contributed by atoms with E-state index in [4.69, 9.17) is 0 Å². The van der Waals surface area contributed by atoms with Gasteiger partial charge in [-0.3, -0.25) is 14.4 Å². The molecule has 0 aliphatic carbocycles. The number of hydrogen-bond acceptors (Lipinski definition) is 6. The number of nitrogens with zero attached hydrogens (tertiary/aromatic N) is 5. The number of aryl methyl sites for hydroxylation is 1. The number of sulfone groups is 1. The minimum absolute atomic E-state index is 0.0505. The molecule has 2 fully saturated rings. The van der Waals surface area contributed by atoms with Crippen LogP contribution in [0.2, 0.25) is 0 Å². The van der Waals surface area contributed by atoms with Gasteiger partial charge in [0.2, 0.25) is 5.91 Å². The quantitative estimate of drug-likeness (QED) is 0.691. The first-order valence-electron chi connectivity index (χ1n) is 10.3. The predicted octanol–water partition coefficient (Wildman–Crippen LogP) is 0.850. The van der Waals surface area contributed by atoms with Crippen LogP contribution >= 0.6 is 0 Å². The average Bonchev–Trinajstić information content (AvgIpc) is 3.15. The average molecular weight is 412 g/mol. The van der Waals surface area contributed by atoms with Crippen LogP contribution in [0.4, 0.5) is 5.69 Å². The summed E-state index contributed by atoms with van der Waals surface area (Å²) >= 11 is 0. The second-order valence-corrected chi connectivity index (χ2v) is 10.1. The third kappa shape index (κ3) is 4.35. The molecule has 0 saturated carbocycles. The number of rotatable bonds is 6. The van der Waals surface area contributed by atoms with Gasteiger partial charge in [0.05, 0.1) is 41.2 Å². The molecule has 3 rings (SSSR count). The molecule has 2 aliphatic rings. The summed E-state index contributed by atoms with van der Waals surface area (Å²) in [5.41, 5.74) is 3.13. The molecule has 9 heteroatoms. The van der Waals surface area contributed by atoms with Crippen molar-refractivity contribution in [2.45, 2.75) is 40.2 Å². The van der Waals surface area contributed by atoms with Crippen LogP contribution < -0.4 is 4.90 Å². The van der Waals surface area contributed by atoms with E-state index in [2.05, 4.69) is 14.9 Å². The molecule has 2 saturated heterocycles. The zero-order chi connectivity index (χ0) is 20.5. The third-order valence-electron chi connectivity index (χ3n) is 6.00. The molecule has 0 aromatic carbocycles. The van der Waals surface area contributed by atoms with E-state index in [0.29, 0.717) is 13.0 Å². The highest BCUT2D eigenvalue weighted by atomic mass is 32.2. The van der Waals surface area contributed by atoms with Crippen molar-refractivity contribution >= 4 is 21.4 Å². The number of likely N-dealkylation sites (N-methyl/N-ethyl adjacent to an activating group) is 1. The summed E-state index contributed by atoms with van der Waals surface area (Å²) in [5.74, 6) is 0.640. The van der Waals surface area contributed by atoms with Gasteiger partial charge in [-0.25, -0.2) is 8.42 Å². The van der Waals surface area contributed by atoms with Crippen molar-refractivity contribution in [3.8, 4) is 0 Å².